The highest BCUT2D eigenvalue weighted by Crippen LogP contribution is 2.04. The molecular formula is C15H32N2O2. The molecule has 0 saturated carbocycles. The molecule has 1 atom stereocenters. The van der Waals surface area contributed by atoms with Crippen molar-refractivity contribution in [3.8, 4) is 0 Å². The molecule has 1 heterocycles. The van der Waals surface area contributed by atoms with Gasteiger partial charge in [-0.3, -0.25) is 4.90 Å². The topological polar surface area (TPSA) is 44.7 Å². The summed E-state index contributed by atoms with van der Waals surface area (Å²) < 4.78 is 5.30. The largest absolute Gasteiger partial charge is 0.390 e. The number of hydrogen-bond donors (Lipinski definition) is 2. The van der Waals surface area contributed by atoms with Crippen LogP contribution in [-0.2, 0) is 4.74 Å². The van der Waals surface area contributed by atoms with Crippen molar-refractivity contribution < 1.29 is 9.84 Å². The number of ether oxygens (including phenoxy) is 1. The number of unbranched alkanes of at least 4 members (excludes halogenated alkanes) is 5. The minimum Gasteiger partial charge on any atom is -0.390 e. The van der Waals surface area contributed by atoms with Gasteiger partial charge in [0.1, 0.15) is 0 Å². The number of β-amino-alcohol motifs (C(OH)–C–C–N with tert-alkyl or cyclic N) is 1. The summed E-state index contributed by atoms with van der Waals surface area (Å²) in [6.07, 6.45) is 7.69. The molecule has 0 aliphatic carbocycles. The van der Waals surface area contributed by atoms with Crippen LogP contribution < -0.4 is 5.32 Å². The molecule has 1 aliphatic rings. The zero-order chi connectivity index (χ0) is 13.8. The highest BCUT2D eigenvalue weighted by molar-refractivity contribution is 4.69. The van der Waals surface area contributed by atoms with Gasteiger partial charge in [-0.15, -0.1) is 0 Å². The maximum atomic E-state index is 9.93. The Kier molecular flexibility index (Phi) is 10.4. The third kappa shape index (κ3) is 9.38. The average Bonchev–Trinajstić information content (AvgIpc) is 2.43. The van der Waals surface area contributed by atoms with Crippen LogP contribution in [0.5, 0.6) is 0 Å². The Balaban J connectivity index is 1.85. The monoisotopic (exact) mass is 272 g/mol. The van der Waals surface area contributed by atoms with Gasteiger partial charge in [-0.25, -0.2) is 0 Å². The summed E-state index contributed by atoms with van der Waals surface area (Å²) in [7, 11) is 0. The van der Waals surface area contributed by atoms with Crippen molar-refractivity contribution in [1.29, 1.82) is 0 Å². The van der Waals surface area contributed by atoms with Gasteiger partial charge in [0.2, 0.25) is 0 Å². The lowest BCUT2D eigenvalue weighted by Crippen LogP contribution is -2.43. The Morgan fingerprint density at radius 2 is 1.79 bits per heavy atom. The number of morpholine rings is 1. The summed E-state index contributed by atoms with van der Waals surface area (Å²) >= 11 is 0. The normalized spacial score (nSPS) is 18.6. The molecule has 4 heteroatoms. The first-order valence-corrected chi connectivity index (χ1v) is 8.01. The summed E-state index contributed by atoms with van der Waals surface area (Å²) in [4.78, 5) is 2.28. The van der Waals surface area contributed by atoms with E-state index in [2.05, 4.69) is 17.1 Å². The predicted octanol–water partition coefficient (Wildman–Crippen LogP) is 1.63. The van der Waals surface area contributed by atoms with Crippen LogP contribution in [-0.4, -0.2) is 62.0 Å². The van der Waals surface area contributed by atoms with E-state index in [0.29, 0.717) is 6.54 Å². The van der Waals surface area contributed by atoms with Crippen molar-refractivity contribution in [2.24, 2.45) is 0 Å². The number of aliphatic hydroxyl groups is 1. The molecule has 0 aromatic rings. The van der Waals surface area contributed by atoms with Crippen LogP contribution in [0.3, 0.4) is 0 Å². The van der Waals surface area contributed by atoms with E-state index >= 15 is 0 Å². The second-order valence-electron chi connectivity index (χ2n) is 5.54. The first-order chi connectivity index (χ1) is 9.33. The fourth-order valence-electron chi connectivity index (χ4n) is 2.45. The van der Waals surface area contributed by atoms with Crippen molar-refractivity contribution in [3.63, 3.8) is 0 Å². The highest BCUT2D eigenvalue weighted by Gasteiger charge is 2.14. The molecule has 0 aromatic heterocycles. The minimum atomic E-state index is -0.252. The van der Waals surface area contributed by atoms with Gasteiger partial charge in [0.25, 0.3) is 0 Å². The molecule has 1 aliphatic heterocycles. The third-order valence-electron chi connectivity index (χ3n) is 3.66. The van der Waals surface area contributed by atoms with Gasteiger partial charge < -0.3 is 15.2 Å². The molecule has 1 saturated heterocycles. The van der Waals surface area contributed by atoms with E-state index in [1.807, 2.05) is 0 Å². The van der Waals surface area contributed by atoms with Gasteiger partial charge in [0, 0.05) is 26.2 Å². The van der Waals surface area contributed by atoms with Gasteiger partial charge in [-0.2, -0.15) is 0 Å². The van der Waals surface area contributed by atoms with Gasteiger partial charge in [0.15, 0.2) is 0 Å². The number of nitrogens with zero attached hydrogens (tertiary/aromatic N) is 1. The van der Waals surface area contributed by atoms with Crippen LogP contribution in [0.15, 0.2) is 0 Å². The van der Waals surface area contributed by atoms with E-state index in [1.54, 1.807) is 0 Å². The molecule has 1 unspecified atom stereocenters. The van der Waals surface area contributed by atoms with Gasteiger partial charge in [-0.05, 0) is 13.0 Å². The maximum absolute atomic E-state index is 9.93. The van der Waals surface area contributed by atoms with E-state index in [1.165, 1.54) is 38.5 Å². The van der Waals surface area contributed by atoms with E-state index in [0.717, 1.165) is 39.4 Å². The smallest absolute Gasteiger partial charge is 0.0791 e. The van der Waals surface area contributed by atoms with Crippen LogP contribution in [0.2, 0.25) is 0 Å². The SMILES string of the molecule is CCCCCCCCNCC(O)CN1CCOCC1. The molecule has 19 heavy (non-hydrogen) atoms. The van der Waals surface area contributed by atoms with Crippen LogP contribution in [0.1, 0.15) is 45.4 Å². The molecular weight excluding hydrogens is 240 g/mol. The molecule has 4 nitrogen and oxygen atoms in total. The summed E-state index contributed by atoms with van der Waals surface area (Å²) in [6.45, 7) is 8.28. The van der Waals surface area contributed by atoms with Gasteiger partial charge >= 0.3 is 0 Å². The number of aliphatic hydroxyl groups excluding tert-OH is 1. The molecule has 0 radical (unpaired) electrons. The minimum absolute atomic E-state index is 0.252. The van der Waals surface area contributed by atoms with Crippen molar-refractivity contribution in [2.75, 3.05) is 45.9 Å². The van der Waals surface area contributed by atoms with Gasteiger partial charge in [0.05, 0.1) is 19.3 Å². The second kappa shape index (κ2) is 11.6. The Bertz CT molecular complexity index is 197. The molecule has 2 N–H and O–H groups in total. The van der Waals surface area contributed by atoms with Crippen molar-refractivity contribution in [2.45, 2.75) is 51.6 Å². The first kappa shape index (κ1) is 16.9. The number of rotatable bonds is 11. The summed E-state index contributed by atoms with van der Waals surface area (Å²) in [5.41, 5.74) is 0. The Hall–Kier alpha value is -0.160. The quantitative estimate of drug-likeness (QED) is 0.561. The van der Waals surface area contributed by atoms with E-state index in [-0.39, 0.29) is 6.10 Å². The van der Waals surface area contributed by atoms with Crippen LogP contribution in [0.25, 0.3) is 0 Å². The lowest BCUT2D eigenvalue weighted by molar-refractivity contribution is 0.0149. The number of nitrogens with one attached hydrogen (secondary N) is 1. The van der Waals surface area contributed by atoms with E-state index < -0.39 is 0 Å². The van der Waals surface area contributed by atoms with E-state index in [4.69, 9.17) is 4.74 Å². The molecule has 0 bridgehead atoms. The average molecular weight is 272 g/mol. The zero-order valence-corrected chi connectivity index (χ0v) is 12.6. The molecule has 114 valence electrons. The molecule has 1 fully saturated rings. The maximum Gasteiger partial charge on any atom is 0.0791 e. The Morgan fingerprint density at radius 3 is 2.53 bits per heavy atom. The standard InChI is InChI=1S/C15H32N2O2/c1-2-3-4-5-6-7-8-16-13-15(18)14-17-9-11-19-12-10-17/h15-16,18H,2-14H2,1H3. The zero-order valence-electron chi connectivity index (χ0n) is 12.6. The fourth-order valence-corrected chi connectivity index (χ4v) is 2.45. The van der Waals surface area contributed by atoms with Crippen LogP contribution in [0, 0.1) is 0 Å². The van der Waals surface area contributed by atoms with Crippen molar-refractivity contribution >= 4 is 0 Å². The summed E-state index contributed by atoms with van der Waals surface area (Å²) in [5.74, 6) is 0. The second-order valence-corrected chi connectivity index (χ2v) is 5.54. The van der Waals surface area contributed by atoms with Gasteiger partial charge in [-0.1, -0.05) is 39.0 Å². The fraction of sp³-hybridized carbons (Fsp3) is 1.00. The molecule has 0 amide bonds. The predicted molar refractivity (Wildman–Crippen MR) is 79.5 cm³/mol. The summed E-state index contributed by atoms with van der Waals surface area (Å²) in [5, 5.41) is 13.3. The Labute approximate surface area is 118 Å². The first-order valence-electron chi connectivity index (χ1n) is 8.01. The lowest BCUT2D eigenvalue weighted by Gasteiger charge is -2.28. The molecule has 0 spiro atoms. The molecule has 0 aromatic carbocycles. The van der Waals surface area contributed by atoms with Crippen LogP contribution in [0.4, 0.5) is 0 Å². The van der Waals surface area contributed by atoms with Crippen molar-refractivity contribution in [3.05, 3.63) is 0 Å². The number of hydrogen-bond acceptors (Lipinski definition) is 4. The highest BCUT2D eigenvalue weighted by atomic mass is 16.5. The lowest BCUT2D eigenvalue weighted by atomic mass is 10.1. The molecule has 1 rings (SSSR count). The van der Waals surface area contributed by atoms with Crippen molar-refractivity contribution in [1.82, 2.24) is 10.2 Å². The van der Waals surface area contributed by atoms with Crippen LogP contribution >= 0.6 is 0 Å². The third-order valence-corrected chi connectivity index (χ3v) is 3.66. The Morgan fingerprint density at radius 1 is 1.11 bits per heavy atom. The summed E-state index contributed by atoms with van der Waals surface area (Å²) in [6, 6.07) is 0. The van der Waals surface area contributed by atoms with E-state index in [9.17, 15) is 5.11 Å².